The van der Waals surface area contributed by atoms with E-state index in [1.165, 1.54) is 123 Å². The average molecular weight is 469 g/mol. The Morgan fingerprint density at radius 1 is 0.545 bits per heavy atom. The molecule has 1 aliphatic rings. The Balaban J connectivity index is 2.11. The molecule has 6 nitrogen and oxygen atoms in total. The largest absolute Gasteiger partial charge is 0.481 e. The van der Waals surface area contributed by atoms with E-state index in [1.807, 2.05) is 0 Å². The Bertz CT molecular complexity index is 449. The summed E-state index contributed by atoms with van der Waals surface area (Å²) in [5.41, 5.74) is 0. The van der Waals surface area contributed by atoms with Crippen LogP contribution >= 0.6 is 0 Å². The fourth-order valence-corrected chi connectivity index (χ4v) is 4.79. The molecule has 1 heterocycles. The second kappa shape index (κ2) is 21.4. The SMILES string of the molecule is O=C(O)CCCCCCCCCN(CCCCCCCCCC(=O)O)CCN1CCCCC1. The zero-order valence-corrected chi connectivity index (χ0v) is 21.3. The molecule has 1 aliphatic heterocycles. The molecule has 1 saturated heterocycles. The van der Waals surface area contributed by atoms with Crippen LogP contribution in [-0.4, -0.2) is 71.2 Å². The van der Waals surface area contributed by atoms with Crippen LogP contribution in [-0.2, 0) is 9.59 Å². The van der Waals surface area contributed by atoms with Gasteiger partial charge in [-0.05, 0) is 64.7 Å². The van der Waals surface area contributed by atoms with Gasteiger partial charge < -0.3 is 20.0 Å². The maximum atomic E-state index is 10.6. The van der Waals surface area contributed by atoms with Crippen LogP contribution in [0.4, 0.5) is 0 Å². The quantitative estimate of drug-likeness (QED) is 0.174. The molecule has 0 spiro atoms. The highest BCUT2D eigenvalue weighted by atomic mass is 16.4. The number of aliphatic carboxylic acids is 2. The van der Waals surface area contributed by atoms with E-state index in [0.717, 1.165) is 25.7 Å². The van der Waals surface area contributed by atoms with Crippen molar-refractivity contribution >= 4 is 11.9 Å². The van der Waals surface area contributed by atoms with Crippen LogP contribution in [0.2, 0.25) is 0 Å². The fourth-order valence-electron chi connectivity index (χ4n) is 4.79. The first-order valence-corrected chi connectivity index (χ1v) is 14.0. The Hall–Kier alpha value is -1.14. The molecule has 33 heavy (non-hydrogen) atoms. The van der Waals surface area contributed by atoms with Crippen molar-refractivity contribution in [3.05, 3.63) is 0 Å². The Morgan fingerprint density at radius 3 is 1.36 bits per heavy atom. The van der Waals surface area contributed by atoms with Gasteiger partial charge in [0.05, 0.1) is 0 Å². The van der Waals surface area contributed by atoms with Crippen molar-refractivity contribution in [2.45, 2.75) is 122 Å². The third kappa shape index (κ3) is 20.0. The number of nitrogens with zero attached hydrogens (tertiary/aromatic N) is 2. The molecule has 194 valence electrons. The van der Waals surface area contributed by atoms with E-state index in [4.69, 9.17) is 10.2 Å². The van der Waals surface area contributed by atoms with E-state index < -0.39 is 11.9 Å². The Labute approximate surface area is 203 Å². The number of hydrogen-bond donors (Lipinski definition) is 2. The minimum absolute atomic E-state index is 0.316. The molecular weight excluding hydrogens is 416 g/mol. The minimum atomic E-state index is -0.671. The van der Waals surface area contributed by atoms with Crippen molar-refractivity contribution in [3.8, 4) is 0 Å². The molecule has 0 bridgehead atoms. The van der Waals surface area contributed by atoms with E-state index in [1.54, 1.807) is 0 Å². The van der Waals surface area contributed by atoms with Gasteiger partial charge in [0, 0.05) is 25.9 Å². The molecule has 0 radical (unpaired) electrons. The molecular formula is C27H52N2O4. The van der Waals surface area contributed by atoms with Gasteiger partial charge in [-0.3, -0.25) is 9.59 Å². The second-order valence-corrected chi connectivity index (χ2v) is 9.98. The molecule has 0 aromatic carbocycles. The summed E-state index contributed by atoms with van der Waals surface area (Å²) < 4.78 is 0. The lowest BCUT2D eigenvalue weighted by atomic mass is 10.1. The maximum Gasteiger partial charge on any atom is 0.303 e. The third-order valence-electron chi connectivity index (χ3n) is 6.91. The van der Waals surface area contributed by atoms with Gasteiger partial charge in [0.1, 0.15) is 0 Å². The Kier molecular flexibility index (Phi) is 19.4. The molecule has 0 aromatic rings. The van der Waals surface area contributed by atoms with Gasteiger partial charge in [-0.1, -0.05) is 70.6 Å². The van der Waals surface area contributed by atoms with Crippen LogP contribution in [0.3, 0.4) is 0 Å². The highest BCUT2D eigenvalue weighted by Gasteiger charge is 2.12. The van der Waals surface area contributed by atoms with Crippen molar-refractivity contribution in [1.82, 2.24) is 9.80 Å². The predicted octanol–water partition coefficient (Wildman–Crippen LogP) is 6.19. The number of rotatable bonds is 23. The van der Waals surface area contributed by atoms with Crippen LogP contribution < -0.4 is 0 Å². The first kappa shape index (κ1) is 29.9. The van der Waals surface area contributed by atoms with Gasteiger partial charge in [-0.15, -0.1) is 0 Å². The summed E-state index contributed by atoms with van der Waals surface area (Å²) >= 11 is 0. The monoisotopic (exact) mass is 468 g/mol. The predicted molar refractivity (Wildman–Crippen MR) is 136 cm³/mol. The van der Waals surface area contributed by atoms with E-state index in [-0.39, 0.29) is 0 Å². The molecule has 0 aromatic heterocycles. The topological polar surface area (TPSA) is 81.1 Å². The molecule has 0 unspecified atom stereocenters. The van der Waals surface area contributed by atoms with Crippen molar-refractivity contribution in [3.63, 3.8) is 0 Å². The number of hydrogen-bond acceptors (Lipinski definition) is 4. The normalized spacial score (nSPS) is 14.7. The lowest BCUT2D eigenvalue weighted by molar-refractivity contribution is -0.138. The molecule has 0 saturated carbocycles. The van der Waals surface area contributed by atoms with Gasteiger partial charge in [0.25, 0.3) is 0 Å². The Morgan fingerprint density at radius 2 is 0.939 bits per heavy atom. The second-order valence-electron chi connectivity index (χ2n) is 9.98. The van der Waals surface area contributed by atoms with Crippen molar-refractivity contribution < 1.29 is 19.8 Å². The minimum Gasteiger partial charge on any atom is -0.481 e. The van der Waals surface area contributed by atoms with Crippen LogP contribution in [0.15, 0.2) is 0 Å². The van der Waals surface area contributed by atoms with E-state index >= 15 is 0 Å². The number of likely N-dealkylation sites (tertiary alicyclic amines) is 1. The number of carbonyl (C=O) groups is 2. The van der Waals surface area contributed by atoms with Gasteiger partial charge >= 0.3 is 11.9 Å². The van der Waals surface area contributed by atoms with Crippen LogP contribution in [0.5, 0.6) is 0 Å². The fraction of sp³-hybridized carbons (Fsp3) is 0.926. The summed E-state index contributed by atoms with van der Waals surface area (Å²) in [6, 6.07) is 0. The van der Waals surface area contributed by atoms with Gasteiger partial charge in [-0.2, -0.15) is 0 Å². The summed E-state index contributed by atoms with van der Waals surface area (Å²) in [6.07, 6.45) is 21.0. The zero-order chi connectivity index (χ0) is 24.0. The van der Waals surface area contributed by atoms with E-state index in [0.29, 0.717) is 12.8 Å². The third-order valence-corrected chi connectivity index (χ3v) is 6.91. The molecule has 1 fully saturated rings. The molecule has 6 heteroatoms. The maximum absolute atomic E-state index is 10.6. The highest BCUT2D eigenvalue weighted by Crippen LogP contribution is 2.13. The average Bonchev–Trinajstić information content (AvgIpc) is 2.80. The molecule has 0 aliphatic carbocycles. The first-order chi connectivity index (χ1) is 16.1. The van der Waals surface area contributed by atoms with Crippen LogP contribution in [0, 0.1) is 0 Å². The number of piperidine rings is 1. The lowest BCUT2D eigenvalue weighted by Crippen LogP contribution is -2.38. The van der Waals surface area contributed by atoms with E-state index in [9.17, 15) is 9.59 Å². The highest BCUT2D eigenvalue weighted by molar-refractivity contribution is 5.66. The zero-order valence-electron chi connectivity index (χ0n) is 21.3. The summed E-state index contributed by atoms with van der Waals surface area (Å²) in [5.74, 6) is -1.34. The first-order valence-electron chi connectivity index (χ1n) is 14.0. The molecule has 2 N–H and O–H groups in total. The van der Waals surface area contributed by atoms with Gasteiger partial charge in [0.2, 0.25) is 0 Å². The molecule has 0 amide bonds. The summed E-state index contributed by atoms with van der Waals surface area (Å²) in [6.45, 7) is 7.39. The summed E-state index contributed by atoms with van der Waals surface area (Å²) in [5, 5.41) is 17.4. The summed E-state index contributed by atoms with van der Waals surface area (Å²) in [7, 11) is 0. The number of carboxylic acids is 2. The van der Waals surface area contributed by atoms with Gasteiger partial charge in [0.15, 0.2) is 0 Å². The smallest absolute Gasteiger partial charge is 0.303 e. The standard InChI is InChI=1S/C27H52N2O4/c30-26(31)18-12-7-3-1-5-9-14-20-28(24-25-29-22-16-11-17-23-29)21-15-10-6-2-4-8-13-19-27(32)33/h1-25H2,(H,30,31)(H,32,33). The molecule has 0 atom stereocenters. The van der Waals surface area contributed by atoms with Gasteiger partial charge in [-0.25, -0.2) is 0 Å². The van der Waals surface area contributed by atoms with E-state index in [2.05, 4.69) is 9.80 Å². The van der Waals surface area contributed by atoms with Crippen molar-refractivity contribution in [2.24, 2.45) is 0 Å². The number of carboxylic acid groups (broad SMARTS) is 2. The van der Waals surface area contributed by atoms with Crippen molar-refractivity contribution in [1.29, 1.82) is 0 Å². The molecule has 1 rings (SSSR count). The van der Waals surface area contributed by atoms with Crippen LogP contribution in [0.1, 0.15) is 122 Å². The summed E-state index contributed by atoms with van der Waals surface area (Å²) in [4.78, 5) is 26.4. The van der Waals surface area contributed by atoms with Crippen LogP contribution in [0.25, 0.3) is 0 Å². The lowest BCUT2D eigenvalue weighted by Gasteiger charge is -2.30. The number of unbranched alkanes of at least 4 members (excludes halogenated alkanes) is 12. The van der Waals surface area contributed by atoms with Crippen molar-refractivity contribution in [2.75, 3.05) is 39.3 Å².